The summed E-state index contributed by atoms with van der Waals surface area (Å²) in [6, 6.07) is 84.0. The molecular formula is C77H53B5N4OS2. The predicted octanol–water partition coefficient (Wildman–Crippen LogP) is 12.4. The summed E-state index contributed by atoms with van der Waals surface area (Å²) in [5, 5.41) is 20.0. The molecule has 0 bridgehead atoms. The predicted molar refractivity (Wildman–Crippen MR) is 392 cm³/mol. The molecule has 6 heterocycles. The van der Waals surface area contributed by atoms with E-state index in [1.807, 2.05) is 29.2 Å². The number of fused-ring (bicyclic) bond motifs is 17. The molecule has 414 valence electrons. The van der Waals surface area contributed by atoms with E-state index in [2.05, 4.69) is 285 Å². The number of benzene rings is 12. The number of anilines is 3. The van der Waals surface area contributed by atoms with Crippen molar-refractivity contribution in [2.24, 2.45) is 0 Å². The molecule has 16 aromatic rings. The van der Waals surface area contributed by atoms with Gasteiger partial charge in [0.05, 0.1) is 33.9 Å². The summed E-state index contributed by atoms with van der Waals surface area (Å²) >= 11 is 3.74. The highest BCUT2D eigenvalue weighted by Gasteiger charge is 2.43. The zero-order valence-electron chi connectivity index (χ0n) is 50.4. The van der Waals surface area contributed by atoms with Gasteiger partial charge in [-0.3, -0.25) is 0 Å². The summed E-state index contributed by atoms with van der Waals surface area (Å²) in [7, 11) is 9.03. The van der Waals surface area contributed by atoms with Gasteiger partial charge in [-0.1, -0.05) is 164 Å². The molecule has 0 spiro atoms. The monoisotopic (exact) mass is 1170 g/mol. The standard InChI is InChI=1S/C77H53B5N4OS2/c1-77(2,3)45-23-29-58(51(37-45)42-13-5-4-6-14-42)86-60-38-46(85-59-28-21-41(40-83)33-52(59)70-71(78)72(79)73(80)74(81)76(70)85)24-26-54(60)82-55-27-25-47(84-56-18-10-7-15-48(56)49-16-8-11-19-57(49)84)39-66(55)89-67-36-44(35-61(86)75(67)82)43-22-30-62-53(34-43)68-63(87-62)31-32-65-69(68)50-17-9-12-20-64(50)88-65/h4-39H,78-81H2,1-3H3. The lowest BCUT2D eigenvalue weighted by molar-refractivity contribution is 0.590. The fourth-order valence-corrected chi connectivity index (χ4v) is 17.6. The molecule has 89 heavy (non-hydrogen) atoms. The van der Waals surface area contributed by atoms with Crippen LogP contribution in [0, 0.1) is 11.3 Å². The lowest BCUT2D eigenvalue weighted by Crippen LogP contribution is -2.59. The average molecular weight is 1170 g/mol. The molecular weight excluding hydrogens is 1120 g/mol. The van der Waals surface area contributed by atoms with Crippen LogP contribution in [0.5, 0.6) is 0 Å². The van der Waals surface area contributed by atoms with E-state index in [9.17, 15) is 5.26 Å². The Morgan fingerprint density at radius 1 is 0.461 bits per heavy atom. The Balaban J connectivity index is 0.949. The van der Waals surface area contributed by atoms with Crippen LogP contribution in [0.3, 0.4) is 0 Å². The Kier molecular flexibility index (Phi) is 11.2. The summed E-state index contributed by atoms with van der Waals surface area (Å²) in [6.07, 6.45) is 0. The minimum absolute atomic E-state index is 0.108. The fraction of sp³-hybridized carbons (Fsp3) is 0.0519. The molecule has 12 aromatic carbocycles. The molecule has 0 atom stereocenters. The maximum Gasteiger partial charge on any atom is 0.249 e. The number of furan rings is 1. The van der Waals surface area contributed by atoms with Crippen molar-refractivity contribution in [2.45, 2.75) is 36.0 Å². The minimum atomic E-state index is -0.113. The summed E-state index contributed by atoms with van der Waals surface area (Å²) in [5.74, 6) is 0. The SMILES string of the molecule is Bc1c(B)c(B)c2c(c1B)c1cc(C#N)ccc1n2-c1ccc2c(c1)N(c1ccc(C(C)(C)C)cc1-c1ccccc1)c1cc(-c3ccc4oc5ccc6sc7ccccc7c6c5c4c3)cc3c1B2c1ccc(-n2c4ccccc4c4ccccc42)cc1S3. The average Bonchev–Trinajstić information content (AvgIpc) is 1.09. The van der Waals surface area contributed by atoms with Crippen LogP contribution in [0.15, 0.2) is 233 Å². The molecule has 0 unspecified atom stereocenters. The molecule has 4 aromatic heterocycles. The van der Waals surface area contributed by atoms with Gasteiger partial charge >= 0.3 is 0 Å². The van der Waals surface area contributed by atoms with Gasteiger partial charge in [0.2, 0.25) is 6.71 Å². The van der Waals surface area contributed by atoms with Crippen LogP contribution in [0.4, 0.5) is 17.1 Å². The highest BCUT2D eigenvalue weighted by molar-refractivity contribution is 8.00. The molecule has 2 aliphatic heterocycles. The number of rotatable bonds is 5. The van der Waals surface area contributed by atoms with E-state index in [0.717, 1.165) is 78.0 Å². The molecule has 0 saturated heterocycles. The van der Waals surface area contributed by atoms with Crippen molar-refractivity contribution < 1.29 is 4.42 Å². The highest BCUT2D eigenvalue weighted by Crippen LogP contribution is 2.50. The van der Waals surface area contributed by atoms with Crippen LogP contribution >= 0.6 is 23.1 Å². The normalized spacial score (nSPS) is 13.0. The Hall–Kier alpha value is -9.78. The van der Waals surface area contributed by atoms with Crippen molar-refractivity contribution in [2.75, 3.05) is 4.90 Å². The molecule has 0 N–H and O–H groups in total. The first kappa shape index (κ1) is 52.4. The molecule has 2 aliphatic rings. The van der Waals surface area contributed by atoms with Crippen molar-refractivity contribution in [1.29, 1.82) is 5.26 Å². The van der Waals surface area contributed by atoms with E-state index in [-0.39, 0.29) is 12.1 Å². The van der Waals surface area contributed by atoms with Gasteiger partial charge in [-0.25, -0.2) is 0 Å². The van der Waals surface area contributed by atoms with Gasteiger partial charge in [0, 0.05) is 96.1 Å². The van der Waals surface area contributed by atoms with E-state index in [4.69, 9.17) is 4.42 Å². The van der Waals surface area contributed by atoms with Crippen LogP contribution in [0.1, 0.15) is 31.9 Å². The molecule has 0 amide bonds. The van der Waals surface area contributed by atoms with Gasteiger partial charge in [0.15, 0.2) is 0 Å². The zero-order chi connectivity index (χ0) is 59.9. The summed E-state index contributed by atoms with van der Waals surface area (Å²) in [4.78, 5) is 5.09. The number of nitrogens with zero attached hydrogens (tertiary/aromatic N) is 4. The maximum atomic E-state index is 10.4. The first-order valence-corrected chi connectivity index (χ1v) is 32.4. The van der Waals surface area contributed by atoms with Crippen LogP contribution in [0.2, 0.25) is 0 Å². The third-order valence-electron chi connectivity index (χ3n) is 19.8. The Morgan fingerprint density at radius 2 is 1.16 bits per heavy atom. The second-order valence-corrected chi connectivity index (χ2v) is 27.8. The Bertz CT molecular complexity index is 5810. The van der Waals surface area contributed by atoms with Gasteiger partial charge in [-0.05, 0) is 148 Å². The molecule has 0 fully saturated rings. The lowest BCUT2D eigenvalue weighted by Gasteiger charge is -2.41. The number of hydrogen-bond acceptors (Lipinski definition) is 5. The van der Waals surface area contributed by atoms with Gasteiger partial charge in [-0.15, -0.1) is 16.8 Å². The molecule has 0 saturated carbocycles. The smallest absolute Gasteiger partial charge is 0.249 e. The van der Waals surface area contributed by atoms with E-state index in [0.29, 0.717) is 5.56 Å². The van der Waals surface area contributed by atoms with Crippen molar-refractivity contribution in [3.8, 4) is 39.7 Å². The number of nitriles is 1. The first-order chi connectivity index (χ1) is 43.4. The summed E-state index contributed by atoms with van der Waals surface area (Å²) < 4.78 is 14.2. The zero-order valence-corrected chi connectivity index (χ0v) is 52.0. The van der Waals surface area contributed by atoms with E-state index >= 15 is 0 Å². The Labute approximate surface area is 527 Å². The van der Waals surface area contributed by atoms with Crippen LogP contribution in [0.25, 0.3) is 119 Å². The molecule has 5 nitrogen and oxygen atoms in total. The van der Waals surface area contributed by atoms with Crippen molar-refractivity contribution in [3.63, 3.8) is 0 Å². The third-order valence-corrected chi connectivity index (χ3v) is 22.1. The topological polar surface area (TPSA) is 50.0 Å². The molecule has 0 radical (unpaired) electrons. The van der Waals surface area contributed by atoms with E-state index in [1.54, 1.807) is 0 Å². The van der Waals surface area contributed by atoms with Crippen molar-refractivity contribution in [1.82, 2.24) is 9.13 Å². The lowest BCUT2D eigenvalue weighted by atomic mass is 9.35. The number of aromatic nitrogens is 2. The third kappa shape index (κ3) is 7.56. The number of hydrogen-bond donors (Lipinski definition) is 0. The van der Waals surface area contributed by atoms with Gasteiger partial charge in [0.25, 0.3) is 0 Å². The van der Waals surface area contributed by atoms with Gasteiger partial charge in [-0.2, -0.15) is 5.26 Å². The second kappa shape index (κ2) is 19.1. The molecule has 18 rings (SSSR count). The van der Waals surface area contributed by atoms with Crippen LogP contribution < -0.4 is 43.1 Å². The molecule has 0 aliphatic carbocycles. The van der Waals surface area contributed by atoms with Gasteiger partial charge in [0.1, 0.15) is 42.6 Å². The van der Waals surface area contributed by atoms with Crippen molar-refractivity contribution in [3.05, 3.63) is 230 Å². The fourth-order valence-electron chi connectivity index (χ4n) is 15.2. The van der Waals surface area contributed by atoms with Crippen LogP contribution in [-0.4, -0.2) is 47.2 Å². The largest absolute Gasteiger partial charge is 0.456 e. The van der Waals surface area contributed by atoms with E-state index in [1.165, 1.54) is 112 Å². The highest BCUT2D eigenvalue weighted by atomic mass is 32.2. The quantitative estimate of drug-likeness (QED) is 0.161. The Morgan fingerprint density at radius 3 is 1.93 bits per heavy atom. The number of para-hydroxylation sites is 2. The second-order valence-electron chi connectivity index (χ2n) is 25.6. The van der Waals surface area contributed by atoms with Crippen molar-refractivity contribution >= 4 is 202 Å². The minimum Gasteiger partial charge on any atom is -0.456 e. The maximum absolute atomic E-state index is 10.4. The first-order valence-electron chi connectivity index (χ1n) is 30.7. The summed E-state index contributed by atoms with van der Waals surface area (Å²) in [5.41, 5.74) is 27.3. The molecule has 12 heteroatoms. The van der Waals surface area contributed by atoms with E-state index < -0.39 is 0 Å². The number of thiophene rings is 1. The summed E-state index contributed by atoms with van der Waals surface area (Å²) in [6.45, 7) is 6.83. The van der Waals surface area contributed by atoms with Crippen LogP contribution in [-0.2, 0) is 5.41 Å². The van der Waals surface area contributed by atoms with Gasteiger partial charge < -0.3 is 18.5 Å².